The molecule has 0 spiro atoms. The van der Waals surface area contributed by atoms with Gasteiger partial charge in [0, 0.05) is 24.9 Å². The van der Waals surface area contributed by atoms with Crippen LogP contribution in [0.2, 0.25) is 5.02 Å². The Bertz CT molecular complexity index is 764. The van der Waals surface area contributed by atoms with Gasteiger partial charge in [0.15, 0.2) is 5.69 Å². The molecule has 0 radical (unpaired) electrons. The third-order valence-corrected chi connectivity index (χ3v) is 5.27. The quantitative estimate of drug-likeness (QED) is 0.916. The maximum atomic E-state index is 14.6. The van der Waals surface area contributed by atoms with Gasteiger partial charge in [0.25, 0.3) is 5.91 Å². The summed E-state index contributed by atoms with van der Waals surface area (Å²) < 4.78 is 15.8. The fraction of sp³-hybridized carbons (Fsp3) is 0.500. The van der Waals surface area contributed by atoms with Gasteiger partial charge in [0.05, 0.1) is 5.02 Å². The SMILES string of the molecule is O=C(c1nc2ccc(Cl)cn2c1F)N1[C@@H]2CC[C@H]1CC(CO)C2. The number of piperidine rings is 1. The van der Waals surface area contributed by atoms with Crippen molar-refractivity contribution in [2.24, 2.45) is 5.92 Å². The second-order valence-corrected chi connectivity index (χ2v) is 6.88. The first-order valence-electron chi connectivity index (χ1n) is 7.85. The van der Waals surface area contributed by atoms with Crippen LogP contribution >= 0.6 is 11.6 Å². The highest BCUT2D eigenvalue weighted by molar-refractivity contribution is 6.30. The summed E-state index contributed by atoms with van der Waals surface area (Å²) in [7, 11) is 0. The Morgan fingerprint density at radius 2 is 2.04 bits per heavy atom. The van der Waals surface area contributed by atoms with Gasteiger partial charge in [0.2, 0.25) is 5.95 Å². The van der Waals surface area contributed by atoms with Crippen LogP contribution in [-0.2, 0) is 0 Å². The number of nitrogens with zero attached hydrogens (tertiary/aromatic N) is 3. The third-order valence-electron chi connectivity index (χ3n) is 5.05. The van der Waals surface area contributed by atoms with E-state index in [4.69, 9.17) is 11.6 Å². The van der Waals surface area contributed by atoms with Gasteiger partial charge in [-0.3, -0.25) is 9.20 Å². The normalized spacial score (nSPS) is 26.9. The zero-order valence-corrected chi connectivity index (χ0v) is 13.2. The van der Waals surface area contributed by atoms with E-state index in [1.54, 1.807) is 17.0 Å². The van der Waals surface area contributed by atoms with Crippen molar-refractivity contribution in [3.8, 4) is 0 Å². The lowest BCUT2D eigenvalue weighted by Crippen LogP contribution is -2.47. The van der Waals surface area contributed by atoms with E-state index in [1.165, 1.54) is 10.6 Å². The van der Waals surface area contributed by atoms with Gasteiger partial charge >= 0.3 is 0 Å². The molecule has 2 bridgehead atoms. The van der Waals surface area contributed by atoms with Crippen LogP contribution in [0.5, 0.6) is 0 Å². The van der Waals surface area contributed by atoms with Crippen molar-refractivity contribution < 1.29 is 14.3 Å². The van der Waals surface area contributed by atoms with E-state index in [1.807, 2.05) is 0 Å². The first-order valence-corrected chi connectivity index (χ1v) is 8.23. The summed E-state index contributed by atoms with van der Waals surface area (Å²) >= 11 is 5.88. The van der Waals surface area contributed by atoms with Crippen molar-refractivity contribution in [2.45, 2.75) is 37.8 Å². The van der Waals surface area contributed by atoms with Crippen LogP contribution in [0.25, 0.3) is 5.65 Å². The maximum absolute atomic E-state index is 14.6. The Kier molecular flexibility index (Phi) is 3.54. The monoisotopic (exact) mass is 337 g/mol. The lowest BCUT2D eigenvalue weighted by Gasteiger charge is -2.38. The summed E-state index contributed by atoms with van der Waals surface area (Å²) in [6.07, 6.45) is 4.79. The van der Waals surface area contributed by atoms with Crippen molar-refractivity contribution in [3.63, 3.8) is 0 Å². The average molecular weight is 338 g/mol. The Balaban J connectivity index is 1.69. The first-order chi connectivity index (χ1) is 11.1. The van der Waals surface area contributed by atoms with Crippen molar-refractivity contribution >= 4 is 23.2 Å². The van der Waals surface area contributed by atoms with Crippen molar-refractivity contribution in [3.05, 3.63) is 35.0 Å². The lowest BCUT2D eigenvalue weighted by molar-refractivity contribution is 0.0443. The second kappa shape index (κ2) is 5.46. The molecule has 2 aliphatic heterocycles. The lowest BCUT2D eigenvalue weighted by atomic mass is 9.91. The summed E-state index contributed by atoms with van der Waals surface area (Å²) in [5, 5.41) is 9.76. The molecule has 122 valence electrons. The molecule has 2 saturated heterocycles. The van der Waals surface area contributed by atoms with E-state index < -0.39 is 5.95 Å². The van der Waals surface area contributed by atoms with Crippen LogP contribution in [-0.4, -0.2) is 44.0 Å². The topological polar surface area (TPSA) is 57.8 Å². The minimum atomic E-state index is -0.670. The van der Waals surface area contributed by atoms with Crippen molar-refractivity contribution in [1.82, 2.24) is 14.3 Å². The van der Waals surface area contributed by atoms with Crippen LogP contribution in [0, 0.1) is 11.9 Å². The summed E-state index contributed by atoms with van der Waals surface area (Å²) in [4.78, 5) is 18.8. The van der Waals surface area contributed by atoms with Crippen molar-refractivity contribution in [1.29, 1.82) is 0 Å². The molecule has 5 nitrogen and oxygen atoms in total. The smallest absolute Gasteiger partial charge is 0.277 e. The van der Waals surface area contributed by atoms with Gasteiger partial charge in [0.1, 0.15) is 5.65 Å². The fourth-order valence-electron chi connectivity index (χ4n) is 4.02. The van der Waals surface area contributed by atoms with E-state index in [0.29, 0.717) is 10.7 Å². The second-order valence-electron chi connectivity index (χ2n) is 6.44. The summed E-state index contributed by atoms with van der Waals surface area (Å²) in [6, 6.07) is 3.36. The third kappa shape index (κ3) is 2.32. The number of hydrogen-bond donors (Lipinski definition) is 1. The van der Waals surface area contributed by atoms with Gasteiger partial charge in [-0.15, -0.1) is 0 Å². The molecular weight excluding hydrogens is 321 g/mol. The first kappa shape index (κ1) is 14.9. The Hall–Kier alpha value is -1.66. The van der Waals surface area contributed by atoms with Crippen LogP contribution < -0.4 is 0 Å². The zero-order chi connectivity index (χ0) is 16.1. The predicted molar refractivity (Wildman–Crippen MR) is 82.9 cm³/mol. The van der Waals surface area contributed by atoms with E-state index >= 15 is 0 Å². The molecule has 0 aliphatic carbocycles. The van der Waals surface area contributed by atoms with E-state index in [2.05, 4.69) is 4.98 Å². The molecule has 1 unspecified atom stereocenters. The highest BCUT2D eigenvalue weighted by Crippen LogP contribution is 2.39. The molecule has 2 aliphatic rings. The van der Waals surface area contributed by atoms with E-state index in [0.717, 1.165) is 25.7 Å². The largest absolute Gasteiger partial charge is 0.396 e. The highest BCUT2D eigenvalue weighted by atomic mass is 35.5. The number of imidazole rings is 1. The number of aliphatic hydroxyl groups is 1. The summed E-state index contributed by atoms with van der Waals surface area (Å²) in [6.45, 7) is 0.149. The van der Waals surface area contributed by atoms with Crippen LogP contribution in [0.3, 0.4) is 0 Å². The zero-order valence-electron chi connectivity index (χ0n) is 12.5. The Labute approximate surface area is 137 Å². The number of carbonyl (C=O) groups excluding carboxylic acids is 1. The summed E-state index contributed by atoms with van der Waals surface area (Å²) in [5.41, 5.74) is 0.222. The molecule has 23 heavy (non-hydrogen) atoms. The molecule has 7 heteroatoms. The number of rotatable bonds is 2. The molecule has 1 N–H and O–H groups in total. The molecule has 0 saturated carbocycles. The van der Waals surface area contributed by atoms with Gasteiger partial charge in [-0.25, -0.2) is 4.98 Å². The Morgan fingerprint density at radius 3 is 2.70 bits per heavy atom. The molecule has 2 aromatic rings. The average Bonchev–Trinajstić information content (AvgIpc) is 3.01. The maximum Gasteiger partial charge on any atom is 0.277 e. The Morgan fingerprint density at radius 1 is 1.35 bits per heavy atom. The number of pyridine rings is 1. The fourth-order valence-corrected chi connectivity index (χ4v) is 4.18. The molecule has 4 heterocycles. The number of carbonyl (C=O) groups is 1. The number of aliphatic hydroxyl groups excluding tert-OH is 1. The van der Waals surface area contributed by atoms with E-state index in [-0.39, 0.29) is 36.2 Å². The van der Waals surface area contributed by atoms with Crippen LogP contribution in [0.15, 0.2) is 18.3 Å². The number of fused-ring (bicyclic) bond motifs is 3. The van der Waals surface area contributed by atoms with Crippen LogP contribution in [0.1, 0.15) is 36.2 Å². The number of hydrogen-bond acceptors (Lipinski definition) is 3. The molecule has 4 rings (SSSR count). The van der Waals surface area contributed by atoms with E-state index in [9.17, 15) is 14.3 Å². The minimum Gasteiger partial charge on any atom is -0.396 e. The highest BCUT2D eigenvalue weighted by Gasteiger charge is 2.44. The summed E-state index contributed by atoms with van der Waals surface area (Å²) in [5.74, 6) is -0.788. The molecule has 2 aromatic heterocycles. The standard InChI is InChI=1S/C16H17ClFN3O2/c17-10-1-4-13-19-14(15(18)20(13)7-10)16(23)21-11-2-3-12(21)6-9(5-11)8-22/h1,4,7,9,11-12,22H,2-3,5-6,8H2/t9?,11-,12+. The van der Waals surface area contributed by atoms with Gasteiger partial charge in [-0.1, -0.05) is 11.6 Å². The minimum absolute atomic E-state index is 0.0752. The number of halogens is 2. The van der Waals surface area contributed by atoms with Gasteiger partial charge < -0.3 is 10.0 Å². The molecular formula is C16H17ClFN3O2. The number of amides is 1. The van der Waals surface area contributed by atoms with Crippen LogP contribution in [0.4, 0.5) is 4.39 Å². The van der Waals surface area contributed by atoms with Crippen molar-refractivity contribution in [2.75, 3.05) is 6.61 Å². The molecule has 2 fully saturated rings. The molecule has 3 atom stereocenters. The van der Waals surface area contributed by atoms with Gasteiger partial charge in [-0.05, 0) is 43.7 Å². The van der Waals surface area contributed by atoms with Gasteiger partial charge in [-0.2, -0.15) is 4.39 Å². The molecule has 0 aromatic carbocycles. The predicted octanol–water partition coefficient (Wildman–Crippen LogP) is 2.50. The molecule has 1 amide bonds. The number of aromatic nitrogens is 2.